The monoisotopic (exact) mass is 186 g/mol. The topological polar surface area (TPSA) is 35.8 Å². The van der Waals surface area contributed by atoms with Gasteiger partial charge in [0.15, 0.2) is 0 Å². The highest BCUT2D eigenvalue weighted by atomic mass is 15.0. The summed E-state index contributed by atoms with van der Waals surface area (Å²) in [5, 5.41) is 12.2. The first-order valence-electron chi connectivity index (χ1n) is 5.05. The van der Waals surface area contributed by atoms with E-state index >= 15 is 0 Å². The molecule has 1 unspecified atom stereocenters. The maximum atomic E-state index is 8.66. The Morgan fingerprint density at radius 3 is 2.50 bits per heavy atom. The first kappa shape index (κ1) is 9.23. The molecule has 1 saturated carbocycles. The molecule has 0 aromatic heterocycles. The van der Waals surface area contributed by atoms with Crippen molar-refractivity contribution < 1.29 is 0 Å². The van der Waals surface area contributed by atoms with Gasteiger partial charge in [0.05, 0.1) is 11.6 Å². The average Bonchev–Trinajstić information content (AvgIpc) is 3.02. The summed E-state index contributed by atoms with van der Waals surface area (Å²) in [6, 6.07) is 11.1. The van der Waals surface area contributed by atoms with Crippen molar-refractivity contribution in [3.8, 4) is 6.07 Å². The molecule has 0 spiro atoms. The Morgan fingerprint density at radius 1 is 1.36 bits per heavy atom. The number of hydrogen-bond acceptors (Lipinski definition) is 2. The smallest absolute Gasteiger partial charge is 0.0991 e. The molecule has 0 heterocycles. The summed E-state index contributed by atoms with van der Waals surface area (Å²) in [5.41, 5.74) is 1.99. The largest absolute Gasteiger partial charge is 0.307 e. The van der Waals surface area contributed by atoms with Crippen LogP contribution in [0.3, 0.4) is 0 Å². The van der Waals surface area contributed by atoms with E-state index in [1.807, 2.05) is 24.3 Å². The van der Waals surface area contributed by atoms with Gasteiger partial charge in [-0.05, 0) is 37.5 Å². The first-order chi connectivity index (χ1) is 6.79. The van der Waals surface area contributed by atoms with Gasteiger partial charge in [0.2, 0.25) is 0 Å². The zero-order chi connectivity index (χ0) is 9.97. The van der Waals surface area contributed by atoms with Crippen molar-refractivity contribution in [1.29, 1.82) is 5.26 Å². The van der Waals surface area contributed by atoms with Gasteiger partial charge < -0.3 is 5.32 Å². The van der Waals surface area contributed by atoms with Crippen molar-refractivity contribution >= 4 is 0 Å². The minimum Gasteiger partial charge on any atom is -0.307 e. The SMILES string of the molecule is CC(NC1CC1)c1ccc(C#N)cc1. The average molecular weight is 186 g/mol. The van der Waals surface area contributed by atoms with Crippen LogP contribution in [0.25, 0.3) is 0 Å². The molecule has 1 aromatic rings. The van der Waals surface area contributed by atoms with Crippen LogP contribution in [-0.2, 0) is 0 Å². The van der Waals surface area contributed by atoms with Gasteiger partial charge in [-0.15, -0.1) is 0 Å². The van der Waals surface area contributed by atoms with E-state index in [0.717, 1.165) is 11.6 Å². The fraction of sp³-hybridized carbons (Fsp3) is 0.417. The number of nitrogens with one attached hydrogen (secondary N) is 1. The molecule has 1 atom stereocenters. The molecule has 0 radical (unpaired) electrons. The number of nitriles is 1. The summed E-state index contributed by atoms with van der Waals surface area (Å²) in [7, 11) is 0. The van der Waals surface area contributed by atoms with E-state index in [4.69, 9.17) is 5.26 Å². The molecule has 0 aliphatic heterocycles. The second kappa shape index (κ2) is 3.81. The molecule has 0 bridgehead atoms. The highest BCUT2D eigenvalue weighted by Gasteiger charge is 2.22. The summed E-state index contributed by atoms with van der Waals surface area (Å²) < 4.78 is 0. The van der Waals surface area contributed by atoms with Gasteiger partial charge in [0, 0.05) is 12.1 Å². The van der Waals surface area contributed by atoms with Crippen LogP contribution in [0.15, 0.2) is 24.3 Å². The van der Waals surface area contributed by atoms with Crippen molar-refractivity contribution in [2.75, 3.05) is 0 Å². The summed E-state index contributed by atoms with van der Waals surface area (Å²) in [6.45, 7) is 2.17. The molecular weight excluding hydrogens is 172 g/mol. The quantitative estimate of drug-likeness (QED) is 0.786. The van der Waals surface area contributed by atoms with E-state index in [-0.39, 0.29) is 0 Å². The lowest BCUT2D eigenvalue weighted by Crippen LogP contribution is -2.20. The van der Waals surface area contributed by atoms with Crippen molar-refractivity contribution in [3.63, 3.8) is 0 Å². The van der Waals surface area contributed by atoms with Crippen LogP contribution in [0, 0.1) is 11.3 Å². The van der Waals surface area contributed by atoms with Crippen LogP contribution in [0.1, 0.15) is 36.9 Å². The van der Waals surface area contributed by atoms with Crippen molar-refractivity contribution in [3.05, 3.63) is 35.4 Å². The molecule has 1 aliphatic rings. The van der Waals surface area contributed by atoms with E-state index in [1.165, 1.54) is 18.4 Å². The Labute approximate surface area is 84.6 Å². The van der Waals surface area contributed by atoms with E-state index in [9.17, 15) is 0 Å². The maximum Gasteiger partial charge on any atom is 0.0991 e. The molecule has 2 nitrogen and oxygen atoms in total. The molecular formula is C12H14N2. The van der Waals surface area contributed by atoms with Crippen LogP contribution in [0.5, 0.6) is 0 Å². The summed E-state index contributed by atoms with van der Waals surface area (Å²) in [4.78, 5) is 0. The summed E-state index contributed by atoms with van der Waals surface area (Å²) >= 11 is 0. The van der Waals surface area contributed by atoms with E-state index < -0.39 is 0 Å². The third-order valence-electron chi connectivity index (χ3n) is 2.60. The van der Waals surface area contributed by atoms with E-state index in [0.29, 0.717) is 6.04 Å². The highest BCUT2D eigenvalue weighted by Crippen LogP contribution is 2.23. The zero-order valence-electron chi connectivity index (χ0n) is 8.33. The Morgan fingerprint density at radius 2 is 2.00 bits per heavy atom. The van der Waals surface area contributed by atoms with E-state index in [2.05, 4.69) is 18.3 Å². The standard InChI is InChI=1S/C12H14N2/c1-9(14-12-6-7-12)11-4-2-10(8-13)3-5-11/h2-5,9,12,14H,6-7H2,1H3. The molecule has 2 heteroatoms. The molecule has 0 amide bonds. The van der Waals surface area contributed by atoms with Crippen molar-refractivity contribution in [1.82, 2.24) is 5.32 Å². The molecule has 14 heavy (non-hydrogen) atoms. The maximum absolute atomic E-state index is 8.66. The summed E-state index contributed by atoms with van der Waals surface area (Å²) in [6.07, 6.45) is 2.61. The van der Waals surface area contributed by atoms with Crippen LogP contribution in [-0.4, -0.2) is 6.04 Å². The van der Waals surface area contributed by atoms with Crippen LogP contribution in [0.2, 0.25) is 0 Å². The third-order valence-corrected chi connectivity index (χ3v) is 2.60. The van der Waals surface area contributed by atoms with Crippen molar-refractivity contribution in [2.24, 2.45) is 0 Å². The first-order valence-corrected chi connectivity index (χ1v) is 5.05. The van der Waals surface area contributed by atoms with Crippen LogP contribution < -0.4 is 5.32 Å². The van der Waals surface area contributed by atoms with Gasteiger partial charge >= 0.3 is 0 Å². The predicted molar refractivity (Wildman–Crippen MR) is 55.7 cm³/mol. The third kappa shape index (κ3) is 2.12. The van der Waals surface area contributed by atoms with Crippen LogP contribution >= 0.6 is 0 Å². The molecule has 1 N–H and O–H groups in total. The van der Waals surface area contributed by atoms with E-state index in [1.54, 1.807) is 0 Å². The van der Waals surface area contributed by atoms with Gasteiger partial charge in [-0.25, -0.2) is 0 Å². The second-order valence-electron chi connectivity index (χ2n) is 3.90. The van der Waals surface area contributed by atoms with Crippen LogP contribution in [0.4, 0.5) is 0 Å². The zero-order valence-corrected chi connectivity index (χ0v) is 8.33. The lowest BCUT2D eigenvalue weighted by molar-refractivity contribution is 0.571. The molecule has 1 aliphatic carbocycles. The Bertz CT molecular complexity index is 344. The Balaban J connectivity index is 2.04. The second-order valence-corrected chi connectivity index (χ2v) is 3.90. The number of nitrogens with zero attached hydrogens (tertiary/aromatic N) is 1. The lowest BCUT2D eigenvalue weighted by atomic mass is 10.1. The minimum absolute atomic E-state index is 0.398. The Hall–Kier alpha value is -1.33. The Kier molecular flexibility index (Phi) is 2.51. The fourth-order valence-corrected chi connectivity index (χ4v) is 1.55. The minimum atomic E-state index is 0.398. The predicted octanol–water partition coefficient (Wildman–Crippen LogP) is 2.37. The molecule has 0 saturated heterocycles. The van der Waals surface area contributed by atoms with Gasteiger partial charge in [-0.1, -0.05) is 12.1 Å². The molecule has 2 rings (SSSR count). The van der Waals surface area contributed by atoms with Gasteiger partial charge in [0.1, 0.15) is 0 Å². The highest BCUT2D eigenvalue weighted by molar-refractivity contribution is 5.32. The number of hydrogen-bond donors (Lipinski definition) is 1. The van der Waals surface area contributed by atoms with Gasteiger partial charge in [-0.2, -0.15) is 5.26 Å². The lowest BCUT2D eigenvalue weighted by Gasteiger charge is -2.13. The molecule has 72 valence electrons. The summed E-state index contributed by atoms with van der Waals surface area (Å²) in [5.74, 6) is 0. The van der Waals surface area contributed by atoms with Crippen molar-refractivity contribution in [2.45, 2.75) is 31.8 Å². The normalized spacial score (nSPS) is 17.4. The molecule has 1 fully saturated rings. The van der Waals surface area contributed by atoms with Gasteiger partial charge in [-0.3, -0.25) is 0 Å². The number of rotatable bonds is 3. The fourth-order valence-electron chi connectivity index (χ4n) is 1.55. The molecule has 1 aromatic carbocycles. The number of benzene rings is 1. The van der Waals surface area contributed by atoms with Gasteiger partial charge in [0.25, 0.3) is 0 Å².